The van der Waals surface area contributed by atoms with Crippen molar-refractivity contribution in [1.29, 1.82) is 0 Å². The standard InChI is InChI=1S/C15H24N2O2S/c1-15(2,3)19-14(18)17-7-6-12(11-17)9-16-10-13-5-4-8-20-13/h4-5,8,12,16H,6-7,9-11H2,1-3H3. The van der Waals surface area contributed by atoms with Gasteiger partial charge >= 0.3 is 6.09 Å². The smallest absolute Gasteiger partial charge is 0.410 e. The van der Waals surface area contributed by atoms with Gasteiger partial charge in [-0.1, -0.05) is 6.07 Å². The van der Waals surface area contributed by atoms with Crippen LogP contribution in [0.15, 0.2) is 17.5 Å². The summed E-state index contributed by atoms with van der Waals surface area (Å²) in [6.45, 7) is 9.19. The highest BCUT2D eigenvalue weighted by atomic mass is 32.1. The molecule has 1 aromatic rings. The third-order valence-electron chi connectivity index (χ3n) is 3.25. The molecular weight excluding hydrogens is 272 g/mol. The van der Waals surface area contributed by atoms with Gasteiger partial charge in [-0.2, -0.15) is 0 Å². The lowest BCUT2D eigenvalue weighted by Gasteiger charge is -2.24. The fourth-order valence-electron chi connectivity index (χ4n) is 2.30. The van der Waals surface area contributed by atoms with Crippen LogP contribution < -0.4 is 5.32 Å². The average molecular weight is 296 g/mol. The summed E-state index contributed by atoms with van der Waals surface area (Å²) in [6, 6.07) is 4.21. The van der Waals surface area contributed by atoms with Crippen molar-refractivity contribution in [3.8, 4) is 0 Å². The van der Waals surface area contributed by atoms with Gasteiger partial charge in [0.1, 0.15) is 5.60 Å². The van der Waals surface area contributed by atoms with Crippen LogP contribution in [0.3, 0.4) is 0 Å². The summed E-state index contributed by atoms with van der Waals surface area (Å²) in [6.07, 6.45) is 0.870. The van der Waals surface area contributed by atoms with Crippen molar-refractivity contribution in [2.75, 3.05) is 19.6 Å². The van der Waals surface area contributed by atoms with E-state index in [-0.39, 0.29) is 6.09 Å². The zero-order chi connectivity index (χ0) is 14.6. The first-order valence-electron chi connectivity index (χ1n) is 7.15. The van der Waals surface area contributed by atoms with Crippen LogP contribution in [0.2, 0.25) is 0 Å². The molecule has 0 radical (unpaired) electrons. The van der Waals surface area contributed by atoms with E-state index in [1.165, 1.54) is 4.88 Å². The van der Waals surface area contributed by atoms with Gasteiger partial charge in [-0.15, -0.1) is 11.3 Å². The van der Waals surface area contributed by atoms with Crippen molar-refractivity contribution in [2.45, 2.75) is 39.3 Å². The van der Waals surface area contributed by atoms with E-state index in [2.05, 4.69) is 22.8 Å². The molecule has 112 valence electrons. The predicted octanol–water partition coefficient (Wildman–Crippen LogP) is 3.09. The Morgan fingerprint density at radius 2 is 2.35 bits per heavy atom. The Morgan fingerprint density at radius 1 is 1.55 bits per heavy atom. The first kappa shape index (κ1) is 15.3. The van der Waals surface area contributed by atoms with E-state index in [1.54, 1.807) is 11.3 Å². The molecule has 0 aliphatic carbocycles. The van der Waals surface area contributed by atoms with Gasteiger partial charge in [0, 0.05) is 31.1 Å². The molecule has 1 fully saturated rings. The molecule has 2 heterocycles. The van der Waals surface area contributed by atoms with Crippen molar-refractivity contribution < 1.29 is 9.53 Å². The lowest BCUT2D eigenvalue weighted by atomic mass is 10.1. The number of nitrogens with one attached hydrogen (secondary N) is 1. The molecule has 1 aliphatic heterocycles. The normalized spacial score (nSPS) is 19.4. The molecule has 0 aromatic carbocycles. The zero-order valence-corrected chi connectivity index (χ0v) is 13.3. The number of amides is 1. The molecule has 20 heavy (non-hydrogen) atoms. The first-order valence-corrected chi connectivity index (χ1v) is 8.03. The lowest BCUT2D eigenvalue weighted by Crippen LogP contribution is -2.36. The lowest BCUT2D eigenvalue weighted by molar-refractivity contribution is 0.0288. The second kappa shape index (κ2) is 6.59. The maximum absolute atomic E-state index is 12.0. The second-order valence-electron chi connectivity index (χ2n) is 6.29. The Hall–Kier alpha value is -1.07. The molecule has 1 saturated heterocycles. The van der Waals surface area contributed by atoms with E-state index in [0.717, 1.165) is 32.6 Å². The Bertz CT molecular complexity index is 426. The van der Waals surface area contributed by atoms with Crippen LogP contribution in [0.25, 0.3) is 0 Å². The van der Waals surface area contributed by atoms with Crippen LogP contribution in [-0.2, 0) is 11.3 Å². The summed E-state index contributed by atoms with van der Waals surface area (Å²) in [4.78, 5) is 15.1. The van der Waals surface area contributed by atoms with Crippen LogP contribution in [0.4, 0.5) is 4.79 Å². The van der Waals surface area contributed by atoms with Gasteiger partial charge in [-0.25, -0.2) is 4.79 Å². The number of likely N-dealkylation sites (tertiary alicyclic amines) is 1. The van der Waals surface area contributed by atoms with E-state index in [0.29, 0.717) is 5.92 Å². The molecule has 1 amide bonds. The third-order valence-corrected chi connectivity index (χ3v) is 4.13. The van der Waals surface area contributed by atoms with Gasteiger partial charge in [-0.05, 0) is 44.6 Å². The zero-order valence-electron chi connectivity index (χ0n) is 12.5. The van der Waals surface area contributed by atoms with E-state index in [4.69, 9.17) is 4.74 Å². The first-order chi connectivity index (χ1) is 9.44. The fraction of sp³-hybridized carbons (Fsp3) is 0.667. The van der Waals surface area contributed by atoms with Gasteiger partial charge in [0.05, 0.1) is 0 Å². The molecule has 0 spiro atoms. The molecule has 1 unspecified atom stereocenters. The van der Waals surface area contributed by atoms with Crippen LogP contribution in [0.1, 0.15) is 32.1 Å². The number of rotatable bonds is 4. The molecule has 1 aromatic heterocycles. The van der Waals surface area contributed by atoms with E-state index in [9.17, 15) is 4.79 Å². The number of carbonyl (C=O) groups is 1. The minimum absolute atomic E-state index is 0.182. The monoisotopic (exact) mass is 296 g/mol. The second-order valence-corrected chi connectivity index (χ2v) is 7.32. The highest BCUT2D eigenvalue weighted by Crippen LogP contribution is 2.19. The van der Waals surface area contributed by atoms with Gasteiger partial charge in [0.2, 0.25) is 0 Å². The molecule has 4 nitrogen and oxygen atoms in total. The Kier molecular flexibility index (Phi) is 5.05. The molecule has 0 saturated carbocycles. The largest absolute Gasteiger partial charge is 0.444 e. The average Bonchev–Trinajstić information content (AvgIpc) is 2.97. The fourth-order valence-corrected chi connectivity index (χ4v) is 2.98. The molecule has 1 aliphatic rings. The molecule has 0 bridgehead atoms. The topological polar surface area (TPSA) is 41.6 Å². The quantitative estimate of drug-likeness (QED) is 0.928. The Labute approximate surface area is 125 Å². The van der Waals surface area contributed by atoms with Crippen LogP contribution in [0.5, 0.6) is 0 Å². The molecular formula is C15H24N2O2S. The highest BCUT2D eigenvalue weighted by Gasteiger charge is 2.29. The molecule has 1 N–H and O–H groups in total. The Morgan fingerprint density at radius 3 is 3.00 bits per heavy atom. The summed E-state index contributed by atoms with van der Waals surface area (Å²) in [5, 5.41) is 5.56. The summed E-state index contributed by atoms with van der Waals surface area (Å²) in [5.41, 5.74) is -0.410. The number of ether oxygens (including phenoxy) is 1. The van der Waals surface area contributed by atoms with Crippen molar-refractivity contribution in [2.24, 2.45) is 5.92 Å². The van der Waals surface area contributed by atoms with Crippen molar-refractivity contribution in [1.82, 2.24) is 10.2 Å². The maximum atomic E-state index is 12.0. The van der Waals surface area contributed by atoms with Gasteiger partial charge in [0.15, 0.2) is 0 Å². The van der Waals surface area contributed by atoms with Crippen LogP contribution in [-0.4, -0.2) is 36.2 Å². The highest BCUT2D eigenvalue weighted by molar-refractivity contribution is 7.09. The van der Waals surface area contributed by atoms with Crippen LogP contribution >= 0.6 is 11.3 Å². The number of thiophene rings is 1. The summed E-state index contributed by atoms with van der Waals surface area (Å²) in [7, 11) is 0. The minimum Gasteiger partial charge on any atom is -0.444 e. The summed E-state index contributed by atoms with van der Waals surface area (Å²) >= 11 is 1.77. The van der Waals surface area contributed by atoms with Gasteiger partial charge < -0.3 is 15.0 Å². The summed E-state index contributed by atoms with van der Waals surface area (Å²) in [5.74, 6) is 0.530. The number of nitrogens with zero attached hydrogens (tertiary/aromatic N) is 1. The summed E-state index contributed by atoms with van der Waals surface area (Å²) < 4.78 is 5.40. The van der Waals surface area contributed by atoms with E-state index >= 15 is 0 Å². The van der Waals surface area contributed by atoms with Gasteiger partial charge in [0.25, 0.3) is 0 Å². The molecule has 2 rings (SSSR count). The Balaban J connectivity index is 1.68. The molecule has 1 atom stereocenters. The molecule has 5 heteroatoms. The SMILES string of the molecule is CC(C)(C)OC(=O)N1CCC(CNCc2cccs2)C1. The minimum atomic E-state index is -0.410. The third kappa shape index (κ3) is 4.80. The van der Waals surface area contributed by atoms with E-state index < -0.39 is 5.60 Å². The van der Waals surface area contributed by atoms with Gasteiger partial charge in [-0.3, -0.25) is 0 Å². The number of hydrogen-bond donors (Lipinski definition) is 1. The van der Waals surface area contributed by atoms with Crippen molar-refractivity contribution in [3.05, 3.63) is 22.4 Å². The number of carbonyl (C=O) groups excluding carboxylic acids is 1. The van der Waals surface area contributed by atoms with Crippen LogP contribution in [0, 0.1) is 5.92 Å². The van der Waals surface area contributed by atoms with Crippen molar-refractivity contribution in [3.63, 3.8) is 0 Å². The maximum Gasteiger partial charge on any atom is 0.410 e. The van der Waals surface area contributed by atoms with Crippen molar-refractivity contribution >= 4 is 17.4 Å². The predicted molar refractivity (Wildman–Crippen MR) is 81.9 cm³/mol. The number of hydrogen-bond acceptors (Lipinski definition) is 4. The van der Waals surface area contributed by atoms with E-state index in [1.807, 2.05) is 25.7 Å².